The standard InChI is InChI=1S/C14H23NO3.C2H2O4/c1-14(2,3)15-9-10-18-13-11(16-4)7-6-8-12(13)17-5;3-1(4)2(5)6/h6-8,15H,9-10H2,1-5H3;(H,3,4)(H,5,6). The summed E-state index contributed by atoms with van der Waals surface area (Å²) in [6.07, 6.45) is 0. The number of ether oxygens (including phenoxy) is 3. The molecule has 0 radical (unpaired) electrons. The molecule has 0 aliphatic rings. The van der Waals surface area contributed by atoms with Gasteiger partial charge in [0.2, 0.25) is 5.75 Å². The van der Waals surface area contributed by atoms with E-state index >= 15 is 0 Å². The zero-order valence-electron chi connectivity index (χ0n) is 14.6. The van der Waals surface area contributed by atoms with Gasteiger partial charge < -0.3 is 29.7 Å². The van der Waals surface area contributed by atoms with Gasteiger partial charge in [-0.3, -0.25) is 0 Å². The highest BCUT2D eigenvalue weighted by molar-refractivity contribution is 6.27. The molecule has 0 aliphatic carbocycles. The molecule has 0 atom stereocenters. The van der Waals surface area contributed by atoms with Gasteiger partial charge >= 0.3 is 11.9 Å². The second-order valence-electron chi connectivity index (χ2n) is 5.63. The van der Waals surface area contributed by atoms with Gasteiger partial charge in [0.05, 0.1) is 14.2 Å². The minimum Gasteiger partial charge on any atom is -0.493 e. The van der Waals surface area contributed by atoms with Crippen LogP contribution in [0.5, 0.6) is 17.2 Å². The number of para-hydroxylation sites is 1. The van der Waals surface area contributed by atoms with E-state index in [1.54, 1.807) is 14.2 Å². The van der Waals surface area contributed by atoms with Crippen LogP contribution in [0, 0.1) is 0 Å². The average Bonchev–Trinajstić information content (AvgIpc) is 2.50. The minimum atomic E-state index is -1.82. The molecule has 0 amide bonds. The summed E-state index contributed by atoms with van der Waals surface area (Å²) in [7, 11) is 3.24. The predicted octanol–water partition coefficient (Wildman–Crippen LogP) is 1.63. The van der Waals surface area contributed by atoms with Crippen LogP contribution < -0.4 is 19.5 Å². The SMILES string of the molecule is COc1cccc(OC)c1OCCNC(C)(C)C.O=C(O)C(=O)O. The smallest absolute Gasteiger partial charge is 0.414 e. The van der Waals surface area contributed by atoms with Gasteiger partial charge in [-0.25, -0.2) is 9.59 Å². The Kier molecular flexibility index (Phi) is 9.26. The van der Waals surface area contributed by atoms with Gasteiger partial charge in [-0.05, 0) is 32.9 Å². The number of hydrogen-bond acceptors (Lipinski definition) is 6. The summed E-state index contributed by atoms with van der Waals surface area (Å²) >= 11 is 0. The summed E-state index contributed by atoms with van der Waals surface area (Å²) in [5, 5.41) is 18.1. The Morgan fingerprint density at radius 2 is 1.50 bits per heavy atom. The van der Waals surface area contributed by atoms with Crippen LogP contribution in [0.25, 0.3) is 0 Å². The van der Waals surface area contributed by atoms with Crippen molar-refractivity contribution in [2.75, 3.05) is 27.4 Å². The van der Waals surface area contributed by atoms with E-state index in [2.05, 4.69) is 26.1 Å². The predicted molar refractivity (Wildman–Crippen MR) is 88.1 cm³/mol. The van der Waals surface area contributed by atoms with E-state index < -0.39 is 11.9 Å². The molecule has 0 heterocycles. The molecule has 0 unspecified atom stereocenters. The Balaban J connectivity index is 0.000000754. The van der Waals surface area contributed by atoms with Crippen LogP contribution in [0.3, 0.4) is 0 Å². The number of methoxy groups -OCH3 is 2. The third kappa shape index (κ3) is 8.84. The molecule has 1 aromatic rings. The molecule has 136 valence electrons. The van der Waals surface area contributed by atoms with Crippen molar-refractivity contribution < 1.29 is 34.0 Å². The molecule has 1 aromatic carbocycles. The first-order valence-corrected chi connectivity index (χ1v) is 7.17. The van der Waals surface area contributed by atoms with Crippen LogP contribution in [0.1, 0.15) is 20.8 Å². The number of benzene rings is 1. The van der Waals surface area contributed by atoms with Crippen molar-refractivity contribution in [1.82, 2.24) is 5.32 Å². The summed E-state index contributed by atoms with van der Waals surface area (Å²) < 4.78 is 16.3. The fourth-order valence-electron chi connectivity index (χ4n) is 1.54. The molecular formula is C16H25NO7. The van der Waals surface area contributed by atoms with Crippen molar-refractivity contribution >= 4 is 11.9 Å². The van der Waals surface area contributed by atoms with E-state index in [1.807, 2.05) is 18.2 Å². The first-order valence-electron chi connectivity index (χ1n) is 7.17. The Bertz CT molecular complexity index is 503. The lowest BCUT2D eigenvalue weighted by Crippen LogP contribution is -2.38. The lowest BCUT2D eigenvalue weighted by molar-refractivity contribution is -0.159. The molecule has 0 bridgehead atoms. The monoisotopic (exact) mass is 343 g/mol. The molecule has 8 nitrogen and oxygen atoms in total. The van der Waals surface area contributed by atoms with Crippen LogP contribution in [-0.2, 0) is 9.59 Å². The number of carboxylic acids is 2. The first-order chi connectivity index (χ1) is 11.1. The second kappa shape index (κ2) is 10.3. The van der Waals surface area contributed by atoms with Crippen molar-refractivity contribution in [3.8, 4) is 17.2 Å². The van der Waals surface area contributed by atoms with E-state index in [-0.39, 0.29) is 5.54 Å². The number of rotatable bonds is 6. The van der Waals surface area contributed by atoms with E-state index in [4.69, 9.17) is 34.0 Å². The number of aliphatic carboxylic acids is 2. The highest BCUT2D eigenvalue weighted by Gasteiger charge is 2.12. The highest BCUT2D eigenvalue weighted by Crippen LogP contribution is 2.36. The highest BCUT2D eigenvalue weighted by atomic mass is 16.5. The summed E-state index contributed by atoms with van der Waals surface area (Å²) in [6, 6.07) is 5.59. The maximum absolute atomic E-state index is 9.10. The van der Waals surface area contributed by atoms with Crippen LogP contribution in [0.4, 0.5) is 0 Å². The van der Waals surface area contributed by atoms with Crippen molar-refractivity contribution in [2.45, 2.75) is 26.3 Å². The van der Waals surface area contributed by atoms with Gasteiger partial charge in [0.25, 0.3) is 0 Å². The van der Waals surface area contributed by atoms with Gasteiger partial charge in [-0.15, -0.1) is 0 Å². The van der Waals surface area contributed by atoms with Gasteiger partial charge in [0.15, 0.2) is 11.5 Å². The molecule has 0 aromatic heterocycles. The maximum Gasteiger partial charge on any atom is 0.414 e. The van der Waals surface area contributed by atoms with E-state index in [0.717, 1.165) is 6.54 Å². The van der Waals surface area contributed by atoms with E-state index in [0.29, 0.717) is 23.9 Å². The third-order valence-corrected chi connectivity index (χ3v) is 2.57. The number of nitrogens with one attached hydrogen (secondary N) is 1. The minimum absolute atomic E-state index is 0.0915. The molecular weight excluding hydrogens is 318 g/mol. The molecule has 8 heteroatoms. The van der Waals surface area contributed by atoms with E-state index in [1.165, 1.54) is 0 Å². The Morgan fingerprint density at radius 3 is 1.83 bits per heavy atom. The van der Waals surface area contributed by atoms with Crippen LogP contribution in [0.15, 0.2) is 18.2 Å². The Morgan fingerprint density at radius 1 is 1.04 bits per heavy atom. The molecule has 3 N–H and O–H groups in total. The molecule has 1 rings (SSSR count). The summed E-state index contributed by atoms with van der Waals surface area (Å²) in [5.74, 6) is -1.63. The van der Waals surface area contributed by atoms with Gasteiger partial charge in [-0.1, -0.05) is 6.07 Å². The average molecular weight is 343 g/mol. The van der Waals surface area contributed by atoms with Gasteiger partial charge in [0.1, 0.15) is 6.61 Å². The van der Waals surface area contributed by atoms with Crippen molar-refractivity contribution in [2.24, 2.45) is 0 Å². The van der Waals surface area contributed by atoms with Gasteiger partial charge in [-0.2, -0.15) is 0 Å². The lowest BCUT2D eigenvalue weighted by atomic mass is 10.1. The molecule has 0 fully saturated rings. The second-order valence-corrected chi connectivity index (χ2v) is 5.63. The third-order valence-electron chi connectivity index (χ3n) is 2.57. The van der Waals surface area contributed by atoms with Crippen LogP contribution in [-0.4, -0.2) is 55.1 Å². The summed E-state index contributed by atoms with van der Waals surface area (Å²) in [4.78, 5) is 18.2. The van der Waals surface area contributed by atoms with E-state index in [9.17, 15) is 0 Å². The fraction of sp³-hybridized carbons (Fsp3) is 0.500. The molecule has 0 aliphatic heterocycles. The number of carbonyl (C=O) groups is 2. The van der Waals surface area contributed by atoms with Gasteiger partial charge in [0, 0.05) is 12.1 Å². The summed E-state index contributed by atoms with van der Waals surface area (Å²) in [6.45, 7) is 7.70. The number of carboxylic acid groups (broad SMARTS) is 2. The first kappa shape index (κ1) is 21.5. The van der Waals surface area contributed by atoms with Crippen LogP contribution >= 0.6 is 0 Å². The maximum atomic E-state index is 9.10. The molecule has 0 saturated carbocycles. The Hall–Kier alpha value is -2.48. The zero-order chi connectivity index (χ0) is 18.8. The topological polar surface area (TPSA) is 114 Å². The summed E-state index contributed by atoms with van der Waals surface area (Å²) in [5.41, 5.74) is 0.0915. The van der Waals surface area contributed by atoms with Crippen molar-refractivity contribution in [1.29, 1.82) is 0 Å². The largest absolute Gasteiger partial charge is 0.493 e. The van der Waals surface area contributed by atoms with Crippen LogP contribution in [0.2, 0.25) is 0 Å². The Labute approximate surface area is 141 Å². The fourth-order valence-corrected chi connectivity index (χ4v) is 1.54. The normalized spacial score (nSPS) is 10.2. The van der Waals surface area contributed by atoms with Crippen molar-refractivity contribution in [3.05, 3.63) is 18.2 Å². The molecule has 0 spiro atoms. The molecule has 0 saturated heterocycles. The quantitative estimate of drug-likeness (QED) is 0.527. The lowest BCUT2D eigenvalue weighted by Gasteiger charge is -2.21. The van der Waals surface area contributed by atoms with Crippen molar-refractivity contribution in [3.63, 3.8) is 0 Å². The molecule has 24 heavy (non-hydrogen) atoms. The number of hydrogen-bond donors (Lipinski definition) is 3. The zero-order valence-corrected chi connectivity index (χ0v) is 14.6.